The normalized spacial score (nSPS) is 24.7. The lowest BCUT2D eigenvalue weighted by atomic mass is 10.2. The van der Waals surface area contributed by atoms with E-state index in [-0.39, 0.29) is 17.9 Å². The average molecular weight is 205 g/mol. The molecule has 0 spiro atoms. The van der Waals surface area contributed by atoms with Crippen molar-refractivity contribution < 1.29 is 9.59 Å². The summed E-state index contributed by atoms with van der Waals surface area (Å²) in [6.07, 6.45) is 0.671. The van der Waals surface area contributed by atoms with Crippen LogP contribution in [0.15, 0.2) is 0 Å². The van der Waals surface area contributed by atoms with Gasteiger partial charge in [0.05, 0.1) is 0 Å². The van der Waals surface area contributed by atoms with Gasteiger partial charge in [-0.05, 0) is 13.3 Å². The lowest BCUT2D eigenvalue weighted by molar-refractivity contribution is -0.131. The van der Waals surface area contributed by atoms with Gasteiger partial charge in [-0.25, -0.2) is 0 Å². The van der Waals surface area contributed by atoms with Gasteiger partial charge in [-0.3, -0.25) is 9.59 Å². The molecule has 1 N–H and O–H groups in total. The predicted octanol–water partition coefficient (Wildman–Crippen LogP) is -0.0394. The molecule has 1 saturated heterocycles. The second-order valence-electron chi connectivity index (χ2n) is 3.23. The molecule has 0 aliphatic carbocycles. The van der Waals surface area contributed by atoms with Crippen LogP contribution < -0.4 is 5.32 Å². The summed E-state index contributed by atoms with van der Waals surface area (Å²) in [5, 5.41) is 2.01. The lowest BCUT2D eigenvalue weighted by Gasteiger charge is -2.12. The Morgan fingerprint density at radius 3 is 2.77 bits per heavy atom. The number of amides is 2. The Bertz CT molecular complexity index is 230. The first kappa shape index (κ1) is 10.3. The van der Waals surface area contributed by atoms with E-state index in [1.807, 2.05) is 0 Å². The summed E-state index contributed by atoms with van der Waals surface area (Å²) in [4.78, 5) is 24.1. The van der Waals surface area contributed by atoms with Gasteiger partial charge in [-0.15, -0.1) is 11.6 Å². The standard InChI is InChI=1S/C8H13ClN2O2/c1-5(9)7(12)10-6-3-4-11(2)8(6)13/h5-6H,3-4H2,1-2H3,(H,10,12). The molecule has 4 nitrogen and oxygen atoms in total. The monoisotopic (exact) mass is 204 g/mol. The Labute approximate surface area is 82.2 Å². The summed E-state index contributed by atoms with van der Waals surface area (Å²) in [6, 6.07) is -0.376. The number of hydrogen-bond donors (Lipinski definition) is 1. The van der Waals surface area contributed by atoms with Crippen LogP contribution in [0.3, 0.4) is 0 Å². The van der Waals surface area contributed by atoms with E-state index in [4.69, 9.17) is 11.6 Å². The van der Waals surface area contributed by atoms with Crippen LogP contribution in [0.1, 0.15) is 13.3 Å². The summed E-state index contributed by atoms with van der Waals surface area (Å²) < 4.78 is 0. The fourth-order valence-corrected chi connectivity index (χ4v) is 1.31. The summed E-state index contributed by atoms with van der Waals surface area (Å²) in [7, 11) is 1.72. The van der Waals surface area contributed by atoms with E-state index in [0.717, 1.165) is 0 Å². The van der Waals surface area contributed by atoms with Crippen molar-refractivity contribution in [1.82, 2.24) is 10.2 Å². The number of carbonyl (C=O) groups excluding carboxylic acids is 2. The Morgan fingerprint density at radius 2 is 2.38 bits per heavy atom. The number of nitrogens with one attached hydrogen (secondary N) is 1. The summed E-state index contributed by atoms with van der Waals surface area (Å²) >= 11 is 5.55. The van der Waals surface area contributed by atoms with Gasteiger partial charge in [0.2, 0.25) is 11.8 Å². The van der Waals surface area contributed by atoms with Crippen LogP contribution in [0.25, 0.3) is 0 Å². The maximum Gasteiger partial charge on any atom is 0.244 e. The molecule has 2 unspecified atom stereocenters. The van der Waals surface area contributed by atoms with Crippen LogP contribution >= 0.6 is 11.6 Å². The van der Waals surface area contributed by atoms with Gasteiger partial charge in [0.15, 0.2) is 0 Å². The highest BCUT2D eigenvalue weighted by atomic mass is 35.5. The zero-order chi connectivity index (χ0) is 10.0. The van der Waals surface area contributed by atoms with Crippen LogP contribution in [0.2, 0.25) is 0 Å². The number of rotatable bonds is 2. The van der Waals surface area contributed by atoms with Gasteiger partial charge in [-0.2, -0.15) is 0 Å². The molecule has 1 fully saturated rings. The van der Waals surface area contributed by atoms with E-state index in [1.165, 1.54) is 0 Å². The molecule has 5 heteroatoms. The van der Waals surface area contributed by atoms with Crippen molar-refractivity contribution in [2.24, 2.45) is 0 Å². The minimum Gasteiger partial charge on any atom is -0.344 e. The number of likely N-dealkylation sites (N-methyl/N-ethyl adjacent to an activating group) is 1. The molecule has 0 aromatic heterocycles. The zero-order valence-electron chi connectivity index (χ0n) is 7.71. The number of halogens is 1. The fraction of sp³-hybridized carbons (Fsp3) is 0.750. The van der Waals surface area contributed by atoms with Crippen LogP contribution in [0.4, 0.5) is 0 Å². The van der Waals surface area contributed by atoms with Crippen molar-refractivity contribution in [2.75, 3.05) is 13.6 Å². The molecule has 0 aromatic rings. The Hall–Kier alpha value is -0.770. The summed E-state index contributed by atoms with van der Waals surface area (Å²) in [5.74, 6) is -0.319. The number of nitrogens with zero attached hydrogens (tertiary/aromatic N) is 1. The van der Waals surface area contributed by atoms with Gasteiger partial charge in [-0.1, -0.05) is 0 Å². The summed E-state index contributed by atoms with van der Waals surface area (Å²) in [5.41, 5.74) is 0. The van der Waals surface area contributed by atoms with Crippen LogP contribution in [-0.2, 0) is 9.59 Å². The van der Waals surface area contributed by atoms with Crippen LogP contribution in [0.5, 0.6) is 0 Å². The molecule has 74 valence electrons. The molecular formula is C8H13ClN2O2. The maximum atomic E-state index is 11.3. The molecule has 1 rings (SSSR count). The predicted molar refractivity (Wildman–Crippen MR) is 49.5 cm³/mol. The maximum absolute atomic E-state index is 11.3. The zero-order valence-corrected chi connectivity index (χ0v) is 8.47. The summed E-state index contributed by atoms with van der Waals surface area (Å²) in [6.45, 7) is 2.28. The van der Waals surface area contributed by atoms with Crippen molar-refractivity contribution in [3.63, 3.8) is 0 Å². The third-order valence-corrected chi connectivity index (χ3v) is 2.30. The molecule has 0 bridgehead atoms. The van der Waals surface area contributed by atoms with Gasteiger partial charge >= 0.3 is 0 Å². The molecule has 0 aromatic carbocycles. The molecule has 1 aliphatic heterocycles. The highest BCUT2D eigenvalue weighted by Gasteiger charge is 2.30. The van der Waals surface area contributed by atoms with Crippen LogP contribution in [0, 0.1) is 0 Å². The third-order valence-electron chi connectivity index (χ3n) is 2.11. The van der Waals surface area contributed by atoms with Crippen molar-refractivity contribution in [3.05, 3.63) is 0 Å². The van der Waals surface area contributed by atoms with E-state index in [1.54, 1.807) is 18.9 Å². The third kappa shape index (κ3) is 2.34. The van der Waals surface area contributed by atoms with Gasteiger partial charge < -0.3 is 10.2 Å². The topological polar surface area (TPSA) is 49.4 Å². The quantitative estimate of drug-likeness (QED) is 0.642. The Kier molecular flexibility index (Phi) is 3.14. The van der Waals surface area contributed by atoms with Crippen molar-refractivity contribution in [2.45, 2.75) is 24.8 Å². The van der Waals surface area contributed by atoms with Gasteiger partial charge in [0, 0.05) is 13.6 Å². The lowest BCUT2D eigenvalue weighted by Crippen LogP contribution is -2.43. The Balaban J connectivity index is 2.47. The SMILES string of the molecule is CC(Cl)C(=O)NC1CCN(C)C1=O. The number of hydrogen-bond acceptors (Lipinski definition) is 2. The largest absolute Gasteiger partial charge is 0.344 e. The number of alkyl halides is 1. The van der Waals surface area contributed by atoms with Crippen molar-refractivity contribution in [1.29, 1.82) is 0 Å². The molecule has 0 saturated carbocycles. The van der Waals surface area contributed by atoms with Crippen molar-refractivity contribution >= 4 is 23.4 Å². The van der Waals surface area contributed by atoms with E-state index < -0.39 is 5.38 Å². The molecule has 1 aliphatic rings. The average Bonchev–Trinajstić information content (AvgIpc) is 2.36. The number of likely N-dealkylation sites (tertiary alicyclic amines) is 1. The number of carbonyl (C=O) groups is 2. The van der Waals surface area contributed by atoms with E-state index >= 15 is 0 Å². The minimum absolute atomic E-state index is 0.0364. The molecule has 2 atom stereocenters. The minimum atomic E-state index is -0.585. The van der Waals surface area contributed by atoms with Gasteiger partial charge in [0.1, 0.15) is 11.4 Å². The second kappa shape index (κ2) is 3.96. The van der Waals surface area contributed by atoms with E-state index in [0.29, 0.717) is 13.0 Å². The molecular weight excluding hydrogens is 192 g/mol. The first-order valence-electron chi connectivity index (χ1n) is 4.22. The van der Waals surface area contributed by atoms with E-state index in [9.17, 15) is 9.59 Å². The molecule has 2 amide bonds. The smallest absolute Gasteiger partial charge is 0.244 e. The van der Waals surface area contributed by atoms with Gasteiger partial charge in [0.25, 0.3) is 0 Å². The fourth-order valence-electron chi connectivity index (χ4n) is 1.24. The molecule has 13 heavy (non-hydrogen) atoms. The molecule has 0 radical (unpaired) electrons. The van der Waals surface area contributed by atoms with Crippen LogP contribution in [-0.4, -0.2) is 41.7 Å². The highest BCUT2D eigenvalue weighted by molar-refractivity contribution is 6.30. The first-order chi connectivity index (χ1) is 6.02. The van der Waals surface area contributed by atoms with Crippen molar-refractivity contribution in [3.8, 4) is 0 Å². The van der Waals surface area contributed by atoms with E-state index in [2.05, 4.69) is 5.32 Å². The molecule has 1 heterocycles. The Morgan fingerprint density at radius 1 is 1.77 bits per heavy atom. The second-order valence-corrected chi connectivity index (χ2v) is 3.88. The first-order valence-corrected chi connectivity index (χ1v) is 4.65. The highest BCUT2D eigenvalue weighted by Crippen LogP contribution is 2.09.